The largest absolute Gasteiger partial charge is 0.588 e. The number of hydrogen-bond acceptors (Lipinski definition) is 5. The summed E-state index contributed by atoms with van der Waals surface area (Å²) in [6, 6.07) is 11.1. The molecule has 8 heteroatoms. The normalized spacial score (nSPS) is 14.6. The molecule has 0 aliphatic carbocycles. The third-order valence-corrected chi connectivity index (χ3v) is 5.59. The van der Waals surface area contributed by atoms with Gasteiger partial charge in [0.1, 0.15) is 28.5 Å². The van der Waals surface area contributed by atoms with Crippen molar-refractivity contribution in [2.45, 2.75) is 18.2 Å². The van der Waals surface area contributed by atoms with E-state index in [4.69, 9.17) is 9.15 Å². The summed E-state index contributed by atoms with van der Waals surface area (Å²) >= 11 is -1.80. The van der Waals surface area contributed by atoms with E-state index in [0.29, 0.717) is 17.3 Å². The van der Waals surface area contributed by atoms with Gasteiger partial charge in [-0.15, -0.1) is 0 Å². The first-order valence-corrected chi connectivity index (χ1v) is 10.1. The molecule has 1 N–H and O–H groups in total. The molecule has 1 aliphatic heterocycles. The van der Waals surface area contributed by atoms with Gasteiger partial charge in [-0.25, -0.2) is 4.39 Å². The fourth-order valence-corrected chi connectivity index (χ4v) is 3.80. The predicted molar refractivity (Wildman–Crippen MR) is 104 cm³/mol. The molecule has 4 rings (SSSR count). The summed E-state index contributed by atoms with van der Waals surface area (Å²) in [5.74, 6) is -0.662. The smallest absolute Gasteiger partial charge is 0.328 e. The molecule has 1 atom stereocenters. The Morgan fingerprint density at radius 3 is 2.86 bits per heavy atom. The third-order valence-electron chi connectivity index (χ3n) is 4.53. The fraction of sp³-hybridized carbons (Fsp3) is 0.250. The Morgan fingerprint density at radius 1 is 1.32 bits per heavy atom. The number of halogens is 1. The molecule has 146 valence electrons. The average Bonchev–Trinajstić information content (AvgIpc) is 3.06. The number of rotatable bonds is 6. The van der Waals surface area contributed by atoms with Crippen LogP contribution in [0.3, 0.4) is 0 Å². The average molecular weight is 402 g/mol. The van der Waals surface area contributed by atoms with E-state index in [1.54, 1.807) is 30.3 Å². The highest BCUT2D eigenvalue weighted by atomic mass is 32.2. The lowest BCUT2D eigenvalue weighted by Gasteiger charge is -2.33. The van der Waals surface area contributed by atoms with E-state index in [1.807, 2.05) is 11.8 Å². The van der Waals surface area contributed by atoms with Crippen LogP contribution in [0.4, 0.5) is 10.1 Å². The summed E-state index contributed by atoms with van der Waals surface area (Å²) < 4.78 is 40.1. The summed E-state index contributed by atoms with van der Waals surface area (Å²) in [5, 5.41) is 0.221. The maximum absolute atomic E-state index is 14.4. The van der Waals surface area contributed by atoms with Crippen LogP contribution in [0.5, 0.6) is 5.75 Å². The SMILES string of the molecule is CCOc1cccc([S+]([O-])NC(=O)c2cc3c(F)cc(N4CCC4)cc3o2)c1. The van der Waals surface area contributed by atoms with Crippen LogP contribution in [0.15, 0.2) is 51.8 Å². The van der Waals surface area contributed by atoms with Crippen LogP contribution < -0.4 is 14.4 Å². The molecule has 0 saturated carbocycles. The van der Waals surface area contributed by atoms with Crippen molar-refractivity contribution >= 4 is 33.9 Å². The summed E-state index contributed by atoms with van der Waals surface area (Å²) in [6.07, 6.45) is 1.07. The van der Waals surface area contributed by atoms with Crippen LogP contribution in [0, 0.1) is 5.82 Å². The number of anilines is 1. The Morgan fingerprint density at radius 2 is 2.14 bits per heavy atom. The molecule has 0 radical (unpaired) electrons. The van der Waals surface area contributed by atoms with Gasteiger partial charge in [0.05, 0.1) is 12.0 Å². The first kappa shape index (κ1) is 18.6. The van der Waals surface area contributed by atoms with Gasteiger partial charge in [-0.1, -0.05) is 6.07 Å². The molecule has 2 aromatic carbocycles. The molecule has 1 amide bonds. The van der Waals surface area contributed by atoms with Gasteiger partial charge in [-0.3, -0.25) is 4.79 Å². The van der Waals surface area contributed by atoms with Crippen LogP contribution >= 0.6 is 0 Å². The Labute approximate surface area is 164 Å². The van der Waals surface area contributed by atoms with Crippen molar-refractivity contribution in [1.29, 1.82) is 0 Å². The van der Waals surface area contributed by atoms with Crippen molar-refractivity contribution in [2.75, 3.05) is 24.6 Å². The van der Waals surface area contributed by atoms with Crippen molar-refractivity contribution in [3.63, 3.8) is 0 Å². The molecule has 0 bridgehead atoms. The molecular weight excluding hydrogens is 383 g/mol. The van der Waals surface area contributed by atoms with Gasteiger partial charge < -0.3 is 18.6 Å². The summed E-state index contributed by atoms with van der Waals surface area (Å²) in [5.41, 5.74) is 1.02. The van der Waals surface area contributed by atoms with E-state index >= 15 is 0 Å². The molecule has 0 spiro atoms. The van der Waals surface area contributed by atoms with Crippen molar-refractivity contribution in [3.8, 4) is 5.75 Å². The van der Waals surface area contributed by atoms with Gasteiger partial charge in [-0.05, 0) is 31.5 Å². The standard InChI is InChI=1S/C20H19FN2O4S/c1-2-26-14-5-3-6-15(11-14)28(25)22-20(24)19-12-16-17(21)9-13(10-18(16)27-19)23-7-4-8-23/h3,5-6,9-12H,2,4,7-8H2,1H3,(H,22,24). The van der Waals surface area contributed by atoms with Gasteiger partial charge in [0, 0.05) is 37.0 Å². The Balaban J connectivity index is 1.53. The molecule has 3 aromatic rings. The predicted octanol–water partition coefficient (Wildman–Crippen LogP) is 3.63. The Hall–Kier alpha value is -2.71. The lowest BCUT2D eigenvalue weighted by Crippen LogP contribution is -2.36. The minimum Gasteiger partial charge on any atom is -0.588 e. The minimum atomic E-state index is -1.80. The zero-order chi connectivity index (χ0) is 19.7. The lowest BCUT2D eigenvalue weighted by atomic mass is 10.1. The van der Waals surface area contributed by atoms with Gasteiger partial charge in [0.25, 0.3) is 0 Å². The Bertz CT molecular complexity index is 1020. The quantitative estimate of drug-likeness (QED) is 0.637. The number of nitrogens with zero attached hydrogens (tertiary/aromatic N) is 1. The highest BCUT2D eigenvalue weighted by Crippen LogP contribution is 2.30. The second-order valence-electron chi connectivity index (χ2n) is 6.40. The number of hydrogen-bond donors (Lipinski definition) is 1. The molecule has 1 aromatic heterocycles. The van der Waals surface area contributed by atoms with E-state index in [0.717, 1.165) is 25.2 Å². The maximum Gasteiger partial charge on any atom is 0.328 e. The number of carbonyl (C=O) groups is 1. The summed E-state index contributed by atoms with van der Waals surface area (Å²) in [4.78, 5) is 14.9. The van der Waals surface area contributed by atoms with Crippen molar-refractivity contribution in [1.82, 2.24) is 4.72 Å². The summed E-state index contributed by atoms with van der Waals surface area (Å²) in [6.45, 7) is 4.07. The second kappa shape index (κ2) is 7.73. The molecule has 28 heavy (non-hydrogen) atoms. The molecule has 1 unspecified atom stereocenters. The van der Waals surface area contributed by atoms with E-state index < -0.39 is 23.1 Å². The first-order valence-electron chi connectivity index (χ1n) is 8.99. The monoisotopic (exact) mass is 402 g/mol. The zero-order valence-electron chi connectivity index (χ0n) is 15.2. The highest BCUT2D eigenvalue weighted by Gasteiger charge is 2.23. The van der Waals surface area contributed by atoms with Gasteiger partial charge >= 0.3 is 5.91 Å². The fourth-order valence-electron chi connectivity index (χ4n) is 2.99. The molecular formula is C20H19FN2O4S. The summed E-state index contributed by atoms with van der Waals surface area (Å²) in [7, 11) is 0. The first-order chi connectivity index (χ1) is 13.5. The van der Waals surface area contributed by atoms with Crippen LogP contribution in [0.1, 0.15) is 23.9 Å². The zero-order valence-corrected chi connectivity index (χ0v) is 16.1. The van der Waals surface area contributed by atoms with Crippen LogP contribution in [0.2, 0.25) is 0 Å². The van der Waals surface area contributed by atoms with E-state index in [9.17, 15) is 13.7 Å². The number of nitrogens with one attached hydrogen (secondary N) is 1. The molecule has 1 saturated heterocycles. The molecule has 1 fully saturated rings. The number of benzene rings is 2. The molecule has 2 heterocycles. The maximum atomic E-state index is 14.4. The second-order valence-corrected chi connectivity index (χ2v) is 7.61. The number of ether oxygens (including phenoxy) is 1. The van der Waals surface area contributed by atoms with E-state index in [1.165, 1.54) is 12.1 Å². The number of carbonyl (C=O) groups excluding carboxylic acids is 1. The van der Waals surface area contributed by atoms with E-state index in [-0.39, 0.29) is 16.7 Å². The lowest BCUT2D eigenvalue weighted by molar-refractivity contribution is 0.0956. The molecule has 1 aliphatic rings. The minimum absolute atomic E-state index is 0.0935. The van der Waals surface area contributed by atoms with Crippen LogP contribution in [-0.4, -0.2) is 30.2 Å². The third kappa shape index (κ3) is 3.65. The topological polar surface area (TPSA) is 77.8 Å². The van der Waals surface area contributed by atoms with Gasteiger partial charge in [0.2, 0.25) is 0 Å². The number of amides is 1. The number of furan rings is 1. The van der Waals surface area contributed by atoms with Crippen LogP contribution in [0.25, 0.3) is 11.0 Å². The van der Waals surface area contributed by atoms with Gasteiger partial charge in [-0.2, -0.15) is 4.72 Å². The van der Waals surface area contributed by atoms with Crippen molar-refractivity contribution in [3.05, 3.63) is 54.0 Å². The molecule has 6 nitrogen and oxygen atoms in total. The van der Waals surface area contributed by atoms with Crippen molar-refractivity contribution in [2.24, 2.45) is 0 Å². The number of fused-ring (bicyclic) bond motifs is 1. The van der Waals surface area contributed by atoms with E-state index in [2.05, 4.69) is 4.72 Å². The van der Waals surface area contributed by atoms with Crippen LogP contribution in [-0.2, 0) is 11.4 Å². The Kier molecular flexibility index (Phi) is 5.15. The highest BCUT2D eigenvalue weighted by molar-refractivity contribution is 7.90. The van der Waals surface area contributed by atoms with Gasteiger partial charge in [0.15, 0.2) is 10.7 Å². The van der Waals surface area contributed by atoms with Crippen molar-refractivity contribution < 1.29 is 22.9 Å².